The lowest BCUT2D eigenvalue weighted by molar-refractivity contribution is -0.278. The van der Waals surface area contributed by atoms with E-state index in [1.165, 1.54) is 42.5 Å². The highest BCUT2D eigenvalue weighted by atomic mass is 16.7. The van der Waals surface area contributed by atoms with E-state index in [2.05, 4.69) is 0 Å². The van der Waals surface area contributed by atoms with Crippen LogP contribution in [0.4, 0.5) is 0 Å². The predicted octanol–water partition coefficient (Wildman–Crippen LogP) is 1.73. The van der Waals surface area contributed by atoms with Gasteiger partial charge in [-0.3, -0.25) is 4.79 Å². The molecular weight excluding hydrogens is 568 g/mol. The Labute approximate surface area is 242 Å². The number of hydrogen-bond acceptors (Lipinski definition) is 13. The summed E-state index contributed by atoms with van der Waals surface area (Å²) in [4.78, 5) is 25.8. The smallest absolute Gasteiger partial charge is 0.330 e. The van der Waals surface area contributed by atoms with E-state index < -0.39 is 66.0 Å². The maximum absolute atomic E-state index is 13.5. The average Bonchev–Trinajstić information content (AvgIpc) is 2.97. The number of fused-ring (bicyclic) bond motifs is 1. The van der Waals surface area contributed by atoms with Gasteiger partial charge in [-0.2, -0.15) is 0 Å². The highest BCUT2D eigenvalue weighted by Gasteiger charge is 2.46. The summed E-state index contributed by atoms with van der Waals surface area (Å²) in [5.74, 6) is -2.70. The molecule has 3 aromatic carbocycles. The van der Waals surface area contributed by atoms with Crippen LogP contribution in [0.3, 0.4) is 0 Å². The zero-order valence-electron chi connectivity index (χ0n) is 22.1. The third-order valence-corrected chi connectivity index (χ3v) is 6.64. The van der Waals surface area contributed by atoms with Crippen molar-refractivity contribution in [3.05, 3.63) is 82.5 Å². The molecule has 1 aliphatic heterocycles. The van der Waals surface area contributed by atoms with Crippen molar-refractivity contribution in [1.82, 2.24) is 0 Å². The Hall–Kier alpha value is -5.08. The van der Waals surface area contributed by atoms with Gasteiger partial charge in [0.2, 0.25) is 17.5 Å². The number of phenols is 4. The Morgan fingerprint density at radius 2 is 1.49 bits per heavy atom. The molecule has 1 saturated heterocycles. The molecule has 2 heterocycles. The molecule has 0 aliphatic carbocycles. The van der Waals surface area contributed by atoms with Gasteiger partial charge in [-0.1, -0.05) is 12.1 Å². The van der Waals surface area contributed by atoms with E-state index in [0.717, 1.165) is 18.2 Å². The molecular formula is C30H26O13. The number of rotatable bonds is 7. The van der Waals surface area contributed by atoms with E-state index in [9.17, 15) is 45.3 Å². The second-order valence-electron chi connectivity index (χ2n) is 9.66. The van der Waals surface area contributed by atoms with Gasteiger partial charge < -0.3 is 54.4 Å². The van der Waals surface area contributed by atoms with Gasteiger partial charge in [-0.05, 0) is 48.0 Å². The van der Waals surface area contributed by atoms with Gasteiger partial charge in [0, 0.05) is 23.8 Å². The molecule has 4 aromatic rings. The van der Waals surface area contributed by atoms with Crippen molar-refractivity contribution >= 4 is 23.0 Å². The van der Waals surface area contributed by atoms with Crippen LogP contribution in [0.1, 0.15) is 5.56 Å². The molecule has 0 saturated carbocycles. The topological polar surface area (TPSA) is 217 Å². The number of carbonyl (C=O) groups excluding carboxylic acids is 1. The zero-order valence-corrected chi connectivity index (χ0v) is 22.1. The maximum Gasteiger partial charge on any atom is 0.330 e. The number of phenolic OH excluding ortho intramolecular Hbond substituents is 4. The third kappa shape index (κ3) is 6.24. The van der Waals surface area contributed by atoms with Crippen LogP contribution in [-0.2, 0) is 14.3 Å². The summed E-state index contributed by atoms with van der Waals surface area (Å²) in [5.41, 5.74) is -0.328. The number of ether oxygens (including phenoxy) is 3. The Morgan fingerprint density at radius 3 is 2.16 bits per heavy atom. The first kappa shape index (κ1) is 29.4. The van der Waals surface area contributed by atoms with Crippen LogP contribution in [0.25, 0.3) is 28.4 Å². The molecule has 1 aromatic heterocycles. The maximum atomic E-state index is 13.5. The Morgan fingerprint density at radius 1 is 0.837 bits per heavy atom. The minimum absolute atomic E-state index is 0.0495. The van der Waals surface area contributed by atoms with Crippen molar-refractivity contribution in [3.63, 3.8) is 0 Å². The molecule has 0 radical (unpaired) electrons. The lowest BCUT2D eigenvalue weighted by Gasteiger charge is -2.39. The first-order valence-corrected chi connectivity index (χ1v) is 12.8. The van der Waals surface area contributed by atoms with E-state index in [-0.39, 0.29) is 33.8 Å². The summed E-state index contributed by atoms with van der Waals surface area (Å²) >= 11 is 0. The fourth-order valence-corrected chi connectivity index (χ4v) is 4.41. The highest BCUT2D eigenvalue weighted by Crippen LogP contribution is 2.37. The summed E-state index contributed by atoms with van der Waals surface area (Å²) in [5, 5.41) is 70.6. The molecule has 43 heavy (non-hydrogen) atoms. The number of carbonyl (C=O) groups is 1. The van der Waals surface area contributed by atoms with E-state index >= 15 is 0 Å². The van der Waals surface area contributed by atoms with Gasteiger partial charge in [0.15, 0.2) is 5.76 Å². The summed E-state index contributed by atoms with van der Waals surface area (Å²) in [6, 6.07) is 13.4. The van der Waals surface area contributed by atoms with Crippen molar-refractivity contribution in [3.8, 4) is 40.1 Å². The third-order valence-electron chi connectivity index (χ3n) is 6.64. The standard InChI is InChI=1S/C30H26O13/c31-16-6-1-14(2-7-16)3-10-22(35)40-13-21-24(36)26(38)27(39)30(42-21)43-29-25(37)23-19(34)11-18(33)12-20(23)41-28(29)15-4-8-17(32)9-5-15/h1-12,21,24,26-27,30-34,36,38-39H,13H2/b10-3+/t21-,24-,26-,27-,30+/m1/s1. The molecule has 7 N–H and O–H groups in total. The average molecular weight is 595 g/mol. The minimum atomic E-state index is -1.90. The summed E-state index contributed by atoms with van der Waals surface area (Å²) in [6.45, 7) is -0.583. The van der Waals surface area contributed by atoms with E-state index in [0.29, 0.717) is 5.56 Å². The molecule has 0 unspecified atom stereocenters. The normalized spacial score (nSPS) is 22.1. The van der Waals surface area contributed by atoms with Crippen LogP contribution in [0.5, 0.6) is 28.7 Å². The zero-order chi connectivity index (χ0) is 30.8. The van der Waals surface area contributed by atoms with Crippen LogP contribution in [0.2, 0.25) is 0 Å². The van der Waals surface area contributed by atoms with Gasteiger partial charge in [-0.25, -0.2) is 4.79 Å². The predicted molar refractivity (Wildman–Crippen MR) is 148 cm³/mol. The SMILES string of the molecule is O=C(/C=C/c1ccc(O)cc1)OC[C@H]1O[C@@H](Oc2c(-c3ccc(O)cc3)oc3cc(O)cc(O)c3c2=O)[C@H](O)[C@H](O)[C@@H]1O. The molecule has 0 spiro atoms. The monoisotopic (exact) mass is 594 g/mol. The lowest BCUT2D eigenvalue weighted by atomic mass is 9.99. The second-order valence-corrected chi connectivity index (χ2v) is 9.66. The molecule has 13 heteroatoms. The van der Waals surface area contributed by atoms with E-state index in [1.54, 1.807) is 12.1 Å². The van der Waals surface area contributed by atoms with Crippen molar-refractivity contribution in [1.29, 1.82) is 0 Å². The van der Waals surface area contributed by atoms with E-state index in [1.807, 2.05) is 0 Å². The first-order chi connectivity index (χ1) is 20.5. The van der Waals surface area contributed by atoms with Crippen LogP contribution >= 0.6 is 0 Å². The number of aromatic hydroxyl groups is 4. The van der Waals surface area contributed by atoms with Crippen LogP contribution in [0.15, 0.2) is 76.0 Å². The molecule has 13 nitrogen and oxygen atoms in total. The van der Waals surface area contributed by atoms with Crippen molar-refractivity contribution < 1.29 is 59.2 Å². The number of benzene rings is 3. The molecule has 1 aliphatic rings. The van der Waals surface area contributed by atoms with Crippen LogP contribution in [0, 0.1) is 0 Å². The summed E-state index contributed by atoms with van der Waals surface area (Å²) < 4.78 is 22.2. The fraction of sp³-hybridized carbons (Fsp3) is 0.200. The minimum Gasteiger partial charge on any atom is -0.508 e. The molecule has 0 bridgehead atoms. The number of aliphatic hydroxyl groups is 3. The first-order valence-electron chi connectivity index (χ1n) is 12.8. The van der Waals surface area contributed by atoms with Gasteiger partial charge in [0.05, 0.1) is 0 Å². The van der Waals surface area contributed by atoms with Gasteiger partial charge >= 0.3 is 5.97 Å². The van der Waals surface area contributed by atoms with Crippen LogP contribution < -0.4 is 10.2 Å². The Bertz CT molecular complexity index is 1710. The highest BCUT2D eigenvalue weighted by molar-refractivity contribution is 5.88. The molecule has 5 rings (SSSR count). The van der Waals surface area contributed by atoms with Crippen molar-refractivity contribution in [2.75, 3.05) is 6.61 Å². The Balaban J connectivity index is 1.42. The second kappa shape index (κ2) is 12.0. The number of esters is 1. The molecule has 1 fully saturated rings. The van der Waals surface area contributed by atoms with Gasteiger partial charge in [-0.15, -0.1) is 0 Å². The fourth-order valence-electron chi connectivity index (χ4n) is 4.41. The molecule has 224 valence electrons. The number of aliphatic hydroxyl groups excluding tert-OH is 3. The van der Waals surface area contributed by atoms with Gasteiger partial charge in [0.25, 0.3) is 0 Å². The largest absolute Gasteiger partial charge is 0.508 e. The van der Waals surface area contributed by atoms with Gasteiger partial charge in [0.1, 0.15) is 65.0 Å². The van der Waals surface area contributed by atoms with E-state index in [4.69, 9.17) is 18.6 Å². The Kier molecular flexibility index (Phi) is 8.23. The molecule has 5 atom stereocenters. The van der Waals surface area contributed by atoms with Crippen molar-refractivity contribution in [2.45, 2.75) is 30.7 Å². The summed E-state index contributed by atoms with van der Waals surface area (Å²) in [6.07, 6.45) is -6.17. The number of hydrogen-bond donors (Lipinski definition) is 7. The molecule has 0 amide bonds. The quantitative estimate of drug-likeness (QED) is 0.120. The van der Waals surface area contributed by atoms with Crippen molar-refractivity contribution in [2.24, 2.45) is 0 Å². The van der Waals surface area contributed by atoms with Crippen LogP contribution in [-0.4, -0.2) is 79.0 Å². The summed E-state index contributed by atoms with van der Waals surface area (Å²) in [7, 11) is 0. The lowest BCUT2D eigenvalue weighted by Crippen LogP contribution is -2.60.